The molecule has 0 aromatic carbocycles. The molecular formula is C15H29N3O2. The van der Waals surface area contributed by atoms with E-state index >= 15 is 0 Å². The van der Waals surface area contributed by atoms with Crippen molar-refractivity contribution >= 4 is 11.8 Å². The molecule has 0 aliphatic heterocycles. The fourth-order valence-corrected chi connectivity index (χ4v) is 3.09. The number of hydrogen-bond donors (Lipinski definition) is 3. The van der Waals surface area contributed by atoms with E-state index in [-0.39, 0.29) is 24.3 Å². The van der Waals surface area contributed by atoms with E-state index in [9.17, 15) is 9.59 Å². The Hall–Kier alpha value is -1.10. The molecule has 116 valence electrons. The number of carbonyl (C=O) groups is 2. The topological polar surface area (TPSA) is 84.2 Å². The van der Waals surface area contributed by atoms with Crippen molar-refractivity contribution in [3.05, 3.63) is 0 Å². The summed E-state index contributed by atoms with van der Waals surface area (Å²) in [5.74, 6) is 1.70. The van der Waals surface area contributed by atoms with Crippen molar-refractivity contribution in [2.75, 3.05) is 19.6 Å². The lowest BCUT2D eigenvalue weighted by atomic mass is 9.70. The monoisotopic (exact) mass is 283 g/mol. The zero-order chi connectivity index (χ0) is 15.1. The number of nitrogens with one attached hydrogen (secondary N) is 2. The zero-order valence-corrected chi connectivity index (χ0v) is 12.9. The van der Waals surface area contributed by atoms with Crippen LogP contribution in [0.3, 0.4) is 0 Å². The standard InChI is InChI=1S/C15H29N3O2/c1-10(2)12-5-4-11(3)8-13(12)15(20)18-7-6-17-14(19)9-16/h10-13H,4-9,16H2,1-3H3,(H,17,19)(H,18,20)/t11-,12+,13-/m1/s1. The molecule has 2 amide bonds. The molecule has 1 fully saturated rings. The first-order valence-electron chi connectivity index (χ1n) is 7.70. The lowest BCUT2D eigenvalue weighted by Gasteiger charge is -2.36. The van der Waals surface area contributed by atoms with E-state index in [4.69, 9.17) is 5.73 Å². The van der Waals surface area contributed by atoms with Crippen LogP contribution < -0.4 is 16.4 Å². The third-order valence-corrected chi connectivity index (χ3v) is 4.29. The highest BCUT2D eigenvalue weighted by atomic mass is 16.2. The molecule has 20 heavy (non-hydrogen) atoms. The number of rotatable bonds is 6. The first-order valence-corrected chi connectivity index (χ1v) is 7.70. The highest BCUT2D eigenvalue weighted by Crippen LogP contribution is 2.37. The van der Waals surface area contributed by atoms with Crippen LogP contribution in [0.2, 0.25) is 0 Å². The Balaban J connectivity index is 2.40. The van der Waals surface area contributed by atoms with Crippen LogP contribution in [0.5, 0.6) is 0 Å². The van der Waals surface area contributed by atoms with Gasteiger partial charge in [0.15, 0.2) is 0 Å². The van der Waals surface area contributed by atoms with Crippen LogP contribution in [0, 0.1) is 23.7 Å². The van der Waals surface area contributed by atoms with Crippen LogP contribution in [0.1, 0.15) is 40.0 Å². The highest BCUT2D eigenvalue weighted by Gasteiger charge is 2.35. The highest BCUT2D eigenvalue weighted by molar-refractivity contribution is 5.79. The maximum Gasteiger partial charge on any atom is 0.233 e. The summed E-state index contributed by atoms with van der Waals surface area (Å²) in [4.78, 5) is 23.3. The van der Waals surface area contributed by atoms with Crippen LogP contribution >= 0.6 is 0 Å². The molecule has 0 bridgehead atoms. The van der Waals surface area contributed by atoms with Crippen LogP contribution in [0.4, 0.5) is 0 Å². The van der Waals surface area contributed by atoms with Gasteiger partial charge in [-0.25, -0.2) is 0 Å². The summed E-state index contributed by atoms with van der Waals surface area (Å²) in [5.41, 5.74) is 5.20. The van der Waals surface area contributed by atoms with Gasteiger partial charge in [-0.1, -0.05) is 27.2 Å². The molecule has 1 aliphatic carbocycles. The number of amides is 2. The molecule has 5 heteroatoms. The van der Waals surface area contributed by atoms with E-state index < -0.39 is 0 Å². The van der Waals surface area contributed by atoms with Gasteiger partial charge in [0.1, 0.15) is 0 Å². The van der Waals surface area contributed by atoms with E-state index in [0.29, 0.717) is 30.8 Å². The van der Waals surface area contributed by atoms with E-state index in [1.165, 1.54) is 6.42 Å². The fourth-order valence-electron chi connectivity index (χ4n) is 3.09. The van der Waals surface area contributed by atoms with Gasteiger partial charge in [-0.15, -0.1) is 0 Å². The third kappa shape index (κ3) is 5.12. The molecule has 0 radical (unpaired) electrons. The molecule has 0 heterocycles. The molecule has 5 nitrogen and oxygen atoms in total. The first-order chi connectivity index (χ1) is 9.45. The predicted octanol–water partition coefficient (Wildman–Crippen LogP) is 0.886. The summed E-state index contributed by atoms with van der Waals surface area (Å²) in [5, 5.41) is 5.60. The van der Waals surface area contributed by atoms with Crippen LogP contribution in [0.15, 0.2) is 0 Å². The minimum absolute atomic E-state index is 0.0104. The average Bonchev–Trinajstić information content (AvgIpc) is 2.42. The molecule has 0 aromatic heterocycles. The minimum Gasteiger partial charge on any atom is -0.354 e. The Morgan fingerprint density at radius 3 is 2.45 bits per heavy atom. The zero-order valence-electron chi connectivity index (χ0n) is 12.9. The second kappa shape index (κ2) is 8.25. The minimum atomic E-state index is -0.189. The largest absolute Gasteiger partial charge is 0.354 e. The van der Waals surface area contributed by atoms with Crippen molar-refractivity contribution in [1.82, 2.24) is 10.6 Å². The van der Waals surface area contributed by atoms with Gasteiger partial charge < -0.3 is 16.4 Å². The second-order valence-corrected chi connectivity index (χ2v) is 6.28. The molecule has 1 saturated carbocycles. The number of carbonyl (C=O) groups excluding carboxylic acids is 2. The molecule has 0 saturated heterocycles. The van der Waals surface area contributed by atoms with Crippen molar-refractivity contribution in [2.45, 2.75) is 40.0 Å². The van der Waals surface area contributed by atoms with Gasteiger partial charge in [-0.3, -0.25) is 9.59 Å². The van der Waals surface area contributed by atoms with Crippen LogP contribution in [-0.4, -0.2) is 31.4 Å². The summed E-state index contributed by atoms with van der Waals surface area (Å²) in [6, 6.07) is 0. The Kier molecular flexibility index (Phi) is 6.99. The Bertz CT molecular complexity index is 331. The summed E-state index contributed by atoms with van der Waals surface area (Å²) in [7, 11) is 0. The van der Waals surface area contributed by atoms with E-state index in [2.05, 4.69) is 31.4 Å². The number of hydrogen-bond acceptors (Lipinski definition) is 3. The van der Waals surface area contributed by atoms with E-state index in [1.807, 2.05) is 0 Å². The summed E-state index contributed by atoms with van der Waals surface area (Å²) in [6.07, 6.45) is 3.34. The fraction of sp³-hybridized carbons (Fsp3) is 0.867. The van der Waals surface area contributed by atoms with E-state index in [0.717, 1.165) is 12.8 Å². The summed E-state index contributed by atoms with van der Waals surface area (Å²) in [6.45, 7) is 7.52. The molecule has 4 N–H and O–H groups in total. The molecule has 0 spiro atoms. The Morgan fingerprint density at radius 1 is 1.20 bits per heavy atom. The van der Waals surface area contributed by atoms with Crippen molar-refractivity contribution in [2.24, 2.45) is 29.4 Å². The molecule has 1 rings (SSSR count). The van der Waals surface area contributed by atoms with Crippen molar-refractivity contribution in [3.8, 4) is 0 Å². The van der Waals surface area contributed by atoms with Gasteiger partial charge in [-0.05, 0) is 30.6 Å². The third-order valence-electron chi connectivity index (χ3n) is 4.29. The molecule has 0 aromatic rings. The maximum atomic E-state index is 12.3. The Labute approximate surface area is 122 Å². The molecule has 0 unspecified atom stereocenters. The van der Waals surface area contributed by atoms with Crippen molar-refractivity contribution in [3.63, 3.8) is 0 Å². The van der Waals surface area contributed by atoms with Crippen molar-refractivity contribution in [1.29, 1.82) is 0 Å². The maximum absolute atomic E-state index is 12.3. The van der Waals surface area contributed by atoms with Gasteiger partial charge in [0.05, 0.1) is 6.54 Å². The first kappa shape index (κ1) is 17.0. The van der Waals surface area contributed by atoms with E-state index in [1.54, 1.807) is 0 Å². The van der Waals surface area contributed by atoms with Gasteiger partial charge in [0.25, 0.3) is 0 Å². The second-order valence-electron chi connectivity index (χ2n) is 6.28. The summed E-state index contributed by atoms with van der Waals surface area (Å²) < 4.78 is 0. The van der Waals surface area contributed by atoms with Gasteiger partial charge in [0, 0.05) is 19.0 Å². The average molecular weight is 283 g/mol. The van der Waals surface area contributed by atoms with Crippen molar-refractivity contribution < 1.29 is 9.59 Å². The van der Waals surface area contributed by atoms with Gasteiger partial charge in [-0.2, -0.15) is 0 Å². The Morgan fingerprint density at radius 2 is 1.85 bits per heavy atom. The lowest BCUT2D eigenvalue weighted by molar-refractivity contribution is -0.129. The normalized spacial score (nSPS) is 26.4. The van der Waals surface area contributed by atoms with Crippen LogP contribution in [0.25, 0.3) is 0 Å². The summed E-state index contributed by atoms with van der Waals surface area (Å²) >= 11 is 0. The smallest absolute Gasteiger partial charge is 0.233 e. The molecule has 1 aliphatic rings. The number of nitrogens with two attached hydrogens (primary N) is 1. The SMILES string of the molecule is CC(C)[C@@H]1CC[C@@H](C)C[C@H]1C(=O)NCCNC(=O)CN. The quantitative estimate of drug-likeness (QED) is 0.633. The van der Waals surface area contributed by atoms with Gasteiger partial charge >= 0.3 is 0 Å². The molecular weight excluding hydrogens is 254 g/mol. The van der Waals surface area contributed by atoms with Gasteiger partial charge in [0.2, 0.25) is 11.8 Å². The lowest BCUT2D eigenvalue weighted by Crippen LogP contribution is -2.43. The predicted molar refractivity (Wildman–Crippen MR) is 79.9 cm³/mol. The molecule has 3 atom stereocenters. The van der Waals surface area contributed by atoms with Crippen LogP contribution in [-0.2, 0) is 9.59 Å².